The second-order valence-corrected chi connectivity index (χ2v) is 3.68. The molecular weight excluding hydrogens is 235 g/mol. The van der Waals surface area contributed by atoms with Gasteiger partial charge in [0.1, 0.15) is 5.82 Å². The van der Waals surface area contributed by atoms with Gasteiger partial charge in [0.15, 0.2) is 0 Å². The lowest BCUT2D eigenvalue weighted by molar-refractivity contribution is 0.0918. The monoisotopic (exact) mass is 252 g/mol. The van der Waals surface area contributed by atoms with Crippen molar-refractivity contribution < 1.29 is 13.9 Å². The van der Waals surface area contributed by atoms with Crippen LogP contribution in [-0.4, -0.2) is 25.7 Å². The minimum atomic E-state index is -0.489. The van der Waals surface area contributed by atoms with Crippen molar-refractivity contribution in [1.29, 1.82) is 0 Å². The summed E-state index contributed by atoms with van der Waals surface area (Å²) in [6.07, 6.45) is 2.52. The lowest BCUT2D eigenvalue weighted by Crippen LogP contribution is -2.28. The molecule has 0 aromatic heterocycles. The van der Waals surface area contributed by atoms with Crippen molar-refractivity contribution in [2.24, 2.45) is 0 Å². The number of carbonyl (C=O) groups excluding carboxylic acids is 1. The average Bonchev–Trinajstić information content (AvgIpc) is 2.36. The molecule has 98 valence electrons. The highest BCUT2D eigenvalue weighted by molar-refractivity contribution is 5.99. The number of hydrogen-bond acceptors (Lipinski definition) is 3. The van der Waals surface area contributed by atoms with Crippen LogP contribution in [0.25, 0.3) is 0 Å². The summed E-state index contributed by atoms with van der Waals surface area (Å²) in [4.78, 5) is 11.7. The zero-order valence-electron chi connectivity index (χ0n) is 10.1. The molecule has 0 aliphatic heterocycles. The molecule has 0 fully saturated rings. The van der Waals surface area contributed by atoms with Gasteiger partial charge in [-0.2, -0.15) is 0 Å². The molecule has 1 amide bonds. The molecule has 0 saturated heterocycles. The van der Waals surface area contributed by atoms with Crippen LogP contribution in [0.15, 0.2) is 30.9 Å². The van der Waals surface area contributed by atoms with E-state index in [1.54, 1.807) is 6.08 Å². The first-order chi connectivity index (χ1) is 8.65. The molecule has 0 spiro atoms. The van der Waals surface area contributed by atoms with E-state index in [4.69, 9.17) is 10.5 Å². The number of benzene rings is 1. The van der Waals surface area contributed by atoms with E-state index in [-0.39, 0.29) is 11.3 Å². The van der Waals surface area contributed by atoms with E-state index in [0.717, 1.165) is 12.5 Å². The first-order valence-electron chi connectivity index (χ1n) is 5.67. The van der Waals surface area contributed by atoms with E-state index in [9.17, 15) is 9.18 Å². The summed E-state index contributed by atoms with van der Waals surface area (Å²) in [5.41, 5.74) is 5.98. The maximum atomic E-state index is 13.0. The van der Waals surface area contributed by atoms with E-state index in [1.807, 2.05) is 0 Å². The molecule has 1 aromatic carbocycles. The number of nitrogens with one attached hydrogen (secondary N) is 1. The third-order valence-electron chi connectivity index (χ3n) is 2.26. The predicted molar refractivity (Wildman–Crippen MR) is 68.8 cm³/mol. The Labute approximate surface area is 106 Å². The summed E-state index contributed by atoms with van der Waals surface area (Å²) in [6.45, 7) is 4.89. The first kappa shape index (κ1) is 14.2. The van der Waals surface area contributed by atoms with Gasteiger partial charge in [0.05, 0.1) is 18.8 Å². The molecule has 0 bridgehead atoms. The SMILES string of the molecule is C=CCCOCCNC(=O)c1cc(F)ccc1N. The summed E-state index contributed by atoms with van der Waals surface area (Å²) >= 11 is 0. The third-order valence-corrected chi connectivity index (χ3v) is 2.26. The van der Waals surface area contributed by atoms with Crippen LogP contribution in [0.4, 0.5) is 10.1 Å². The number of nitrogens with two attached hydrogens (primary N) is 1. The molecule has 0 unspecified atom stereocenters. The fourth-order valence-electron chi connectivity index (χ4n) is 1.33. The Balaban J connectivity index is 2.36. The molecule has 4 nitrogen and oxygen atoms in total. The van der Waals surface area contributed by atoms with Crippen LogP contribution in [0.5, 0.6) is 0 Å². The normalized spacial score (nSPS) is 10.1. The van der Waals surface area contributed by atoms with Crippen molar-refractivity contribution >= 4 is 11.6 Å². The highest BCUT2D eigenvalue weighted by atomic mass is 19.1. The number of amides is 1. The molecule has 1 aromatic rings. The van der Waals surface area contributed by atoms with Crippen molar-refractivity contribution in [3.8, 4) is 0 Å². The van der Waals surface area contributed by atoms with Crippen molar-refractivity contribution in [2.75, 3.05) is 25.5 Å². The molecule has 0 aliphatic carbocycles. The average molecular weight is 252 g/mol. The molecule has 0 atom stereocenters. The number of carbonyl (C=O) groups is 1. The molecule has 1 rings (SSSR count). The van der Waals surface area contributed by atoms with E-state index in [0.29, 0.717) is 19.8 Å². The Kier molecular flexibility index (Phi) is 5.87. The largest absolute Gasteiger partial charge is 0.398 e. The Morgan fingerprint density at radius 2 is 2.28 bits per heavy atom. The second-order valence-electron chi connectivity index (χ2n) is 3.68. The number of halogens is 1. The minimum Gasteiger partial charge on any atom is -0.398 e. The van der Waals surface area contributed by atoms with Crippen LogP contribution in [-0.2, 0) is 4.74 Å². The minimum absolute atomic E-state index is 0.140. The summed E-state index contributed by atoms with van der Waals surface area (Å²) < 4.78 is 18.2. The zero-order valence-corrected chi connectivity index (χ0v) is 10.1. The maximum absolute atomic E-state index is 13.0. The van der Waals surface area contributed by atoms with Crippen molar-refractivity contribution in [2.45, 2.75) is 6.42 Å². The lowest BCUT2D eigenvalue weighted by atomic mass is 10.1. The Morgan fingerprint density at radius 1 is 1.50 bits per heavy atom. The highest BCUT2D eigenvalue weighted by Crippen LogP contribution is 2.12. The fraction of sp³-hybridized carbons (Fsp3) is 0.308. The summed E-state index contributed by atoms with van der Waals surface area (Å²) in [5, 5.41) is 2.61. The number of hydrogen-bond donors (Lipinski definition) is 2. The summed E-state index contributed by atoms with van der Waals surface area (Å²) in [6, 6.07) is 3.69. The van der Waals surface area contributed by atoms with Gasteiger partial charge in [-0.1, -0.05) is 6.08 Å². The highest BCUT2D eigenvalue weighted by Gasteiger charge is 2.09. The molecular formula is C13H17FN2O2. The molecule has 5 heteroatoms. The van der Waals surface area contributed by atoms with Crippen molar-refractivity contribution in [3.05, 3.63) is 42.2 Å². The van der Waals surface area contributed by atoms with Gasteiger partial charge >= 0.3 is 0 Å². The van der Waals surface area contributed by atoms with Gasteiger partial charge in [0.2, 0.25) is 0 Å². The first-order valence-corrected chi connectivity index (χ1v) is 5.67. The Hall–Kier alpha value is -1.88. The standard InChI is InChI=1S/C13H17FN2O2/c1-2-3-7-18-8-6-16-13(17)11-9-10(14)4-5-12(11)15/h2,4-5,9H,1,3,6-8,15H2,(H,16,17). The Morgan fingerprint density at radius 3 is 3.00 bits per heavy atom. The molecule has 0 aliphatic rings. The third kappa shape index (κ3) is 4.55. The van der Waals surface area contributed by atoms with Crippen LogP contribution >= 0.6 is 0 Å². The van der Waals surface area contributed by atoms with Gasteiger partial charge in [0, 0.05) is 12.2 Å². The molecule has 0 radical (unpaired) electrons. The molecule has 0 heterocycles. The fourth-order valence-corrected chi connectivity index (χ4v) is 1.33. The van der Waals surface area contributed by atoms with Gasteiger partial charge in [-0.3, -0.25) is 4.79 Å². The van der Waals surface area contributed by atoms with E-state index in [1.165, 1.54) is 12.1 Å². The molecule has 18 heavy (non-hydrogen) atoms. The van der Waals surface area contributed by atoms with Crippen LogP contribution in [0, 0.1) is 5.82 Å². The molecule has 0 saturated carbocycles. The van der Waals surface area contributed by atoms with Gasteiger partial charge in [0.25, 0.3) is 5.91 Å². The van der Waals surface area contributed by atoms with Crippen LogP contribution in [0.2, 0.25) is 0 Å². The van der Waals surface area contributed by atoms with E-state index >= 15 is 0 Å². The summed E-state index contributed by atoms with van der Waals surface area (Å²) in [5.74, 6) is -0.893. The number of nitrogen functional groups attached to an aromatic ring is 1. The van der Waals surface area contributed by atoms with Crippen molar-refractivity contribution in [1.82, 2.24) is 5.32 Å². The van der Waals surface area contributed by atoms with Gasteiger partial charge in [-0.25, -0.2) is 4.39 Å². The Bertz CT molecular complexity index is 421. The van der Waals surface area contributed by atoms with E-state index < -0.39 is 11.7 Å². The van der Waals surface area contributed by atoms with Gasteiger partial charge in [-0.05, 0) is 24.6 Å². The number of anilines is 1. The topological polar surface area (TPSA) is 64.3 Å². The zero-order chi connectivity index (χ0) is 13.4. The maximum Gasteiger partial charge on any atom is 0.253 e. The quantitative estimate of drug-likeness (QED) is 0.441. The van der Waals surface area contributed by atoms with Crippen LogP contribution < -0.4 is 11.1 Å². The van der Waals surface area contributed by atoms with Crippen LogP contribution in [0.1, 0.15) is 16.8 Å². The van der Waals surface area contributed by atoms with Gasteiger partial charge < -0.3 is 15.8 Å². The number of rotatable bonds is 7. The van der Waals surface area contributed by atoms with Crippen molar-refractivity contribution in [3.63, 3.8) is 0 Å². The second kappa shape index (κ2) is 7.45. The molecule has 3 N–H and O–H groups in total. The van der Waals surface area contributed by atoms with E-state index in [2.05, 4.69) is 11.9 Å². The summed E-state index contributed by atoms with van der Waals surface area (Å²) in [7, 11) is 0. The predicted octanol–water partition coefficient (Wildman–Crippen LogP) is 1.73. The smallest absolute Gasteiger partial charge is 0.253 e. The van der Waals surface area contributed by atoms with Crippen LogP contribution in [0.3, 0.4) is 0 Å². The number of ether oxygens (including phenoxy) is 1. The van der Waals surface area contributed by atoms with Gasteiger partial charge in [-0.15, -0.1) is 6.58 Å². The lowest BCUT2D eigenvalue weighted by Gasteiger charge is -2.07.